The maximum Gasteiger partial charge on any atom is 0.262 e. The Morgan fingerprint density at radius 3 is 2.63 bits per heavy atom. The van der Waals surface area contributed by atoms with Crippen LogP contribution in [0.25, 0.3) is 10.9 Å². The van der Waals surface area contributed by atoms with E-state index in [4.69, 9.17) is 4.98 Å². The highest BCUT2D eigenvalue weighted by Gasteiger charge is 2.22. The maximum atomic E-state index is 13.3. The third-order valence-corrected chi connectivity index (χ3v) is 6.74. The third kappa shape index (κ3) is 4.59. The first-order chi connectivity index (χ1) is 14.6. The minimum Gasteiger partial charge on any atom is -0.351 e. The van der Waals surface area contributed by atoms with E-state index in [-0.39, 0.29) is 23.3 Å². The molecule has 1 aliphatic carbocycles. The highest BCUT2D eigenvalue weighted by Crippen LogP contribution is 2.31. The first-order valence-corrected chi connectivity index (χ1v) is 11.6. The number of nitrogens with zero attached hydrogens (tertiary/aromatic N) is 2. The number of hydrogen-bond acceptors (Lipinski definition) is 4. The quantitative estimate of drug-likeness (QED) is 0.466. The van der Waals surface area contributed by atoms with E-state index in [1.165, 1.54) is 18.2 Å². The van der Waals surface area contributed by atoms with Gasteiger partial charge in [-0.05, 0) is 43.0 Å². The summed E-state index contributed by atoms with van der Waals surface area (Å²) in [6.45, 7) is 2.55. The molecule has 5 nitrogen and oxygen atoms in total. The van der Waals surface area contributed by atoms with Gasteiger partial charge in [0.15, 0.2) is 5.16 Å². The van der Waals surface area contributed by atoms with Crippen molar-refractivity contribution in [2.45, 2.75) is 56.8 Å². The van der Waals surface area contributed by atoms with Crippen molar-refractivity contribution in [2.75, 3.05) is 5.75 Å². The van der Waals surface area contributed by atoms with Crippen molar-refractivity contribution in [1.29, 1.82) is 0 Å². The first kappa shape index (κ1) is 20.7. The summed E-state index contributed by atoms with van der Waals surface area (Å²) in [5, 5.41) is 4.29. The Bertz CT molecular complexity index is 1100. The zero-order chi connectivity index (χ0) is 20.9. The molecule has 3 aromatic rings. The van der Waals surface area contributed by atoms with Gasteiger partial charge in [-0.1, -0.05) is 67.4 Å². The molecule has 1 fully saturated rings. The molecule has 1 N–H and O–H groups in total. The summed E-state index contributed by atoms with van der Waals surface area (Å²) >= 11 is 1.36. The van der Waals surface area contributed by atoms with Crippen LogP contribution >= 0.6 is 11.8 Å². The predicted molar refractivity (Wildman–Crippen MR) is 122 cm³/mol. The average Bonchev–Trinajstić information content (AvgIpc) is 2.78. The first-order valence-electron chi connectivity index (χ1n) is 10.6. The zero-order valence-electron chi connectivity index (χ0n) is 17.3. The predicted octanol–water partition coefficient (Wildman–Crippen LogP) is 4.62. The second-order valence-corrected chi connectivity index (χ2v) is 8.81. The lowest BCUT2D eigenvalue weighted by molar-refractivity contribution is -0.118. The highest BCUT2D eigenvalue weighted by molar-refractivity contribution is 7.99. The molecule has 0 aliphatic heterocycles. The van der Waals surface area contributed by atoms with Gasteiger partial charge in [0, 0.05) is 12.6 Å². The zero-order valence-corrected chi connectivity index (χ0v) is 18.1. The van der Waals surface area contributed by atoms with Gasteiger partial charge in [0.2, 0.25) is 5.91 Å². The third-order valence-electron chi connectivity index (χ3n) is 5.78. The number of carbonyl (C=O) groups is 1. The molecule has 0 unspecified atom stereocenters. The molecule has 156 valence electrons. The van der Waals surface area contributed by atoms with E-state index in [2.05, 4.69) is 5.32 Å². The molecule has 1 aliphatic rings. The Kier molecular flexibility index (Phi) is 6.53. The second kappa shape index (κ2) is 9.47. The van der Waals surface area contributed by atoms with Crippen LogP contribution in [-0.2, 0) is 11.3 Å². The summed E-state index contributed by atoms with van der Waals surface area (Å²) in [5.41, 5.74) is 2.97. The molecule has 0 bridgehead atoms. The Labute approximate surface area is 180 Å². The number of thioether (sulfide) groups is 1. The van der Waals surface area contributed by atoms with E-state index >= 15 is 0 Å². The number of aryl methyl sites for hydroxylation is 1. The summed E-state index contributed by atoms with van der Waals surface area (Å²) in [4.78, 5) is 30.5. The fourth-order valence-corrected chi connectivity index (χ4v) is 4.97. The molecule has 4 rings (SSSR count). The lowest BCUT2D eigenvalue weighted by Crippen LogP contribution is -2.30. The van der Waals surface area contributed by atoms with Gasteiger partial charge in [-0.2, -0.15) is 0 Å². The van der Waals surface area contributed by atoms with Crippen LogP contribution < -0.4 is 10.9 Å². The van der Waals surface area contributed by atoms with E-state index in [0.717, 1.165) is 36.8 Å². The number of hydrogen-bond donors (Lipinski definition) is 1. The van der Waals surface area contributed by atoms with Gasteiger partial charge < -0.3 is 5.32 Å². The molecule has 6 heteroatoms. The van der Waals surface area contributed by atoms with Crippen LogP contribution in [0.1, 0.15) is 49.3 Å². The molecule has 0 spiro atoms. The van der Waals surface area contributed by atoms with Crippen molar-refractivity contribution in [3.8, 4) is 0 Å². The lowest BCUT2D eigenvalue weighted by atomic mass is 9.95. The van der Waals surface area contributed by atoms with Gasteiger partial charge in [-0.3, -0.25) is 14.2 Å². The van der Waals surface area contributed by atoms with Crippen LogP contribution in [0.15, 0.2) is 58.5 Å². The fourth-order valence-electron chi connectivity index (χ4n) is 4.07. The Balaban J connectivity index is 1.53. The van der Waals surface area contributed by atoms with Crippen LogP contribution in [-0.4, -0.2) is 21.2 Å². The summed E-state index contributed by atoms with van der Waals surface area (Å²) < 4.78 is 1.85. The topological polar surface area (TPSA) is 64.0 Å². The van der Waals surface area contributed by atoms with Crippen molar-refractivity contribution >= 4 is 28.6 Å². The van der Waals surface area contributed by atoms with E-state index in [9.17, 15) is 9.59 Å². The fraction of sp³-hybridized carbons (Fsp3) is 0.375. The normalized spacial score (nSPS) is 14.7. The number of aromatic nitrogens is 2. The Morgan fingerprint density at radius 2 is 1.83 bits per heavy atom. The van der Waals surface area contributed by atoms with Crippen LogP contribution in [0.3, 0.4) is 0 Å². The van der Waals surface area contributed by atoms with Crippen molar-refractivity contribution < 1.29 is 4.79 Å². The van der Waals surface area contributed by atoms with Gasteiger partial charge in [0.1, 0.15) is 0 Å². The largest absolute Gasteiger partial charge is 0.351 e. The van der Waals surface area contributed by atoms with Gasteiger partial charge in [0.05, 0.1) is 16.7 Å². The van der Waals surface area contributed by atoms with Crippen LogP contribution in [0.4, 0.5) is 0 Å². The molecule has 0 saturated heterocycles. The molecule has 1 heterocycles. The van der Waals surface area contributed by atoms with Crippen LogP contribution in [0.2, 0.25) is 0 Å². The Morgan fingerprint density at radius 1 is 1.10 bits per heavy atom. The summed E-state index contributed by atoms with van der Waals surface area (Å²) in [6, 6.07) is 15.7. The smallest absolute Gasteiger partial charge is 0.262 e. The minimum absolute atomic E-state index is 0.00955. The molecular formula is C24H27N3O2S. The summed E-state index contributed by atoms with van der Waals surface area (Å²) in [5.74, 6) is 0.185. The standard InChI is InChI=1S/C24H27N3O2S/c1-17-9-5-6-10-18(17)15-25-22(28)16-30-24-26-21-14-8-7-13-20(21)23(29)27(24)19-11-3-2-4-12-19/h5-10,13-14,19H,2-4,11-12,15-16H2,1H3,(H,25,28). The van der Waals surface area contributed by atoms with Crippen LogP contribution in [0, 0.1) is 6.92 Å². The molecule has 1 amide bonds. The van der Waals surface area contributed by atoms with Gasteiger partial charge in [-0.25, -0.2) is 4.98 Å². The van der Waals surface area contributed by atoms with Crippen LogP contribution in [0.5, 0.6) is 0 Å². The second-order valence-electron chi connectivity index (χ2n) is 7.87. The number of fused-ring (bicyclic) bond motifs is 1. The lowest BCUT2D eigenvalue weighted by Gasteiger charge is -2.26. The van der Waals surface area contributed by atoms with E-state index in [1.54, 1.807) is 0 Å². The number of benzene rings is 2. The average molecular weight is 422 g/mol. The van der Waals surface area contributed by atoms with Crippen molar-refractivity contribution in [2.24, 2.45) is 0 Å². The summed E-state index contributed by atoms with van der Waals surface area (Å²) in [6.07, 6.45) is 5.46. The molecular weight excluding hydrogens is 394 g/mol. The van der Waals surface area contributed by atoms with Crippen molar-refractivity contribution in [1.82, 2.24) is 14.9 Å². The molecule has 1 saturated carbocycles. The number of nitrogens with one attached hydrogen (secondary N) is 1. The monoisotopic (exact) mass is 421 g/mol. The van der Waals surface area contributed by atoms with Crippen molar-refractivity contribution in [3.05, 3.63) is 70.0 Å². The number of carbonyl (C=O) groups excluding carboxylic acids is 1. The number of rotatable bonds is 6. The van der Waals surface area contributed by atoms with Gasteiger partial charge in [0.25, 0.3) is 5.56 Å². The number of para-hydroxylation sites is 1. The molecule has 0 radical (unpaired) electrons. The molecule has 30 heavy (non-hydrogen) atoms. The summed E-state index contributed by atoms with van der Waals surface area (Å²) in [7, 11) is 0. The number of amides is 1. The molecule has 0 atom stereocenters. The van der Waals surface area contributed by atoms with Crippen molar-refractivity contribution in [3.63, 3.8) is 0 Å². The van der Waals surface area contributed by atoms with Gasteiger partial charge in [-0.15, -0.1) is 0 Å². The van der Waals surface area contributed by atoms with E-state index in [0.29, 0.717) is 22.6 Å². The SMILES string of the molecule is Cc1ccccc1CNC(=O)CSc1nc2ccccc2c(=O)n1C1CCCCC1. The Hall–Kier alpha value is -2.60. The molecule has 1 aromatic heterocycles. The minimum atomic E-state index is -0.0548. The van der Waals surface area contributed by atoms with E-state index in [1.807, 2.05) is 60.0 Å². The van der Waals surface area contributed by atoms with Gasteiger partial charge >= 0.3 is 0 Å². The van der Waals surface area contributed by atoms with E-state index < -0.39 is 0 Å². The molecule has 2 aromatic carbocycles. The maximum absolute atomic E-state index is 13.3. The highest BCUT2D eigenvalue weighted by atomic mass is 32.2.